The van der Waals surface area contributed by atoms with Crippen molar-refractivity contribution >= 4 is 50.1 Å². The van der Waals surface area contributed by atoms with Crippen molar-refractivity contribution in [1.82, 2.24) is 9.66 Å². The molecule has 0 radical (unpaired) electrons. The number of rotatable bonds is 5. The van der Waals surface area contributed by atoms with Crippen molar-refractivity contribution < 1.29 is 4.92 Å². The largest absolute Gasteiger partial charge is 0.361 e. The molecule has 0 unspecified atom stereocenters. The van der Waals surface area contributed by atoms with E-state index in [4.69, 9.17) is 5.10 Å². The molecule has 2 aromatic carbocycles. The zero-order chi connectivity index (χ0) is 21.3. The van der Waals surface area contributed by atoms with Crippen molar-refractivity contribution in [2.24, 2.45) is 10.1 Å². The Morgan fingerprint density at radius 2 is 2.10 bits per heavy atom. The fourth-order valence-electron chi connectivity index (χ4n) is 3.04. The van der Waals surface area contributed by atoms with Gasteiger partial charge in [0.25, 0.3) is 5.69 Å². The standard InChI is InChI=1S/C21H18BrN5O2S/c1-13(2)25-21-26(20(12-30-21)14-4-3-5-17(8-14)27(28)29)24-11-15-10-23-19-7-6-16(22)9-18(15)19/h3-13,23H,1-2H3. The molecule has 2 aromatic heterocycles. The van der Waals surface area contributed by atoms with Crippen molar-refractivity contribution in [2.45, 2.75) is 19.9 Å². The van der Waals surface area contributed by atoms with E-state index in [1.165, 1.54) is 17.4 Å². The zero-order valence-electron chi connectivity index (χ0n) is 16.2. The summed E-state index contributed by atoms with van der Waals surface area (Å²) in [5, 5.41) is 18.9. The summed E-state index contributed by atoms with van der Waals surface area (Å²) in [6.07, 6.45) is 3.68. The van der Waals surface area contributed by atoms with Gasteiger partial charge in [-0.1, -0.05) is 28.1 Å². The van der Waals surface area contributed by atoms with E-state index in [-0.39, 0.29) is 11.7 Å². The highest BCUT2D eigenvalue weighted by Crippen LogP contribution is 2.25. The molecule has 4 aromatic rings. The third-order valence-electron chi connectivity index (χ3n) is 4.39. The minimum atomic E-state index is -0.396. The Balaban J connectivity index is 1.84. The van der Waals surface area contributed by atoms with E-state index in [1.807, 2.05) is 49.7 Å². The van der Waals surface area contributed by atoms with Crippen molar-refractivity contribution in [1.29, 1.82) is 0 Å². The summed E-state index contributed by atoms with van der Waals surface area (Å²) in [4.78, 5) is 19.4. The van der Waals surface area contributed by atoms with E-state index in [0.717, 1.165) is 31.4 Å². The van der Waals surface area contributed by atoms with Crippen LogP contribution in [-0.4, -0.2) is 26.8 Å². The number of H-pyrrole nitrogens is 1. The summed E-state index contributed by atoms with van der Waals surface area (Å²) in [5.41, 5.74) is 3.45. The molecule has 152 valence electrons. The molecule has 0 saturated heterocycles. The van der Waals surface area contributed by atoms with Crippen molar-refractivity contribution in [3.05, 3.63) is 79.0 Å². The normalized spacial score (nSPS) is 12.5. The maximum Gasteiger partial charge on any atom is 0.270 e. The lowest BCUT2D eigenvalue weighted by Gasteiger charge is -2.04. The number of aromatic amines is 1. The van der Waals surface area contributed by atoms with Crippen LogP contribution in [-0.2, 0) is 0 Å². The number of nitrogens with one attached hydrogen (secondary N) is 1. The first-order valence-electron chi connectivity index (χ1n) is 9.22. The Bertz CT molecular complexity index is 1330. The molecule has 2 heterocycles. The molecule has 0 bridgehead atoms. The highest BCUT2D eigenvalue weighted by molar-refractivity contribution is 9.10. The fraction of sp³-hybridized carbons (Fsp3) is 0.143. The SMILES string of the molecule is CC(C)N=c1scc(-c2cccc([N+](=O)[O-])c2)n1N=Cc1c[nH]c2ccc(Br)cc12. The molecule has 0 fully saturated rings. The fourth-order valence-corrected chi connectivity index (χ4v) is 4.37. The minimum absolute atomic E-state index is 0.0399. The maximum atomic E-state index is 11.2. The molecule has 0 aliphatic heterocycles. The van der Waals surface area contributed by atoms with Gasteiger partial charge < -0.3 is 4.98 Å². The van der Waals surface area contributed by atoms with Crippen molar-refractivity contribution in [2.75, 3.05) is 0 Å². The molecule has 4 rings (SSSR count). The number of halogens is 1. The van der Waals surface area contributed by atoms with Crippen LogP contribution in [0.3, 0.4) is 0 Å². The molecular formula is C21H18BrN5O2S. The summed E-state index contributed by atoms with van der Waals surface area (Å²) >= 11 is 4.96. The number of benzene rings is 2. The number of aromatic nitrogens is 2. The van der Waals surface area contributed by atoms with E-state index < -0.39 is 4.92 Å². The second kappa shape index (κ2) is 8.37. The predicted octanol–water partition coefficient (Wildman–Crippen LogP) is 5.56. The summed E-state index contributed by atoms with van der Waals surface area (Å²) < 4.78 is 2.72. The minimum Gasteiger partial charge on any atom is -0.361 e. The third kappa shape index (κ3) is 4.12. The van der Waals surface area contributed by atoms with Gasteiger partial charge in [-0.25, -0.2) is 4.68 Å². The smallest absolute Gasteiger partial charge is 0.270 e. The number of nitro benzene ring substituents is 1. The van der Waals surface area contributed by atoms with Crippen LogP contribution in [0, 0.1) is 10.1 Å². The third-order valence-corrected chi connectivity index (χ3v) is 5.72. The van der Waals surface area contributed by atoms with Crippen LogP contribution in [0.15, 0.2) is 68.6 Å². The number of nitro groups is 1. The summed E-state index contributed by atoms with van der Waals surface area (Å²) in [5.74, 6) is 0. The van der Waals surface area contributed by atoms with Gasteiger partial charge in [-0.3, -0.25) is 15.1 Å². The van der Waals surface area contributed by atoms with E-state index in [2.05, 4.69) is 25.9 Å². The Kier molecular flexibility index (Phi) is 5.65. The van der Waals surface area contributed by atoms with Crippen LogP contribution < -0.4 is 4.80 Å². The summed E-state index contributed by atoms with van der Waals surface area (Å²) in [7, 11) is 0. The molecule has 0 spiro atoms. The lowest BCUT2D eigenvalue weighted by Crippen LogP contribution is -2.14. The Labute approximate surface area is 184 Å². The molecule has 0 saturated carbocycles. The Morgan fingerprint density at radius 1 is 1.27 bits per heavy atom. The zero-order valence-corrected chi connectivity index (χ0v) is 18.6. The lowest BCUT2D eigenvalue weighted by molar-refractivity contribution is -0.384. The molecule has 7 nitrogen and oxygen atoms in total. The van der Waals surface area contributed by atoms with Crippen molar-refractivity contribution in [3.8, 4) is 11.3 Å². The average Bonchev–Trinajstić information content (AvgIpc) is 3.29. The van der Waals surface area contributed by atoms with Gasteiger partial charge in [0.15, 0.2) is 0 Å². The first kappa shape index (κ1) is 20.2. The van der Waals surface area contributed by atoms with Crippen molar-refractivity contribution in [3.63, 3.8) is 0 Å². The average molecular weight is 484 g/mol. The molecule has 0 atom stereocenters. The number of hydrogen-bond donors (Lipinski definition) is 1. The molecule has 1 N–H and O–H groups in total. The second-order valence-electron chi connectivity index (χ2n) is 6.92. The number of nitrogens with zero attached hydrogens (tertiary/aromatic N) is 4. The van der Waals surface area contributed by atoms with E-state index in [1.54, 1.807) is 23.0 Å². The van der Waals surface area contributed by atoms with E-state index in [0.29, 0.717) is 5.56 Å². The molecule has 30 heavy (non-hydrogen) atoms. The Morgan fingerprint density at radius 3 is 2.87 bits per heavy atom. The number of fused-ring (bicyclic) bond motifs is 1. The quantitative estimate of drug-likeness (QED) is 0.228. The van der Waals surface area contributed by atoms with Gasteiger partial charge in [0.1, 0.15) is 0 Å². The molecule has 9 heteroatoms. The van der Waals surface area contributed by atoms with Gasteiger partial charge in [0.2, 0.25) is 4.80 Å². The second-order valence-corrected chi connectivity index (χ2v) is 8.68. The van der Waals surface area contributed by atoms with Gasteiger partial charge >= 0.3 is 0 Å². The molecule has 0 aliphatic rings. The van der Waals surface area contributed by atoms with Gasteiger partial charge in [0, 0.05) is 56.3 Å². The van der Waals surface area contributed by atoms with Gasteiger partial charge in [-0.15, -0.1) is 11.3 Å². The summed E-state index contributed by atoms with van der Waals surface area (Å²) in [6.45, 7) is 4.00. The predicted molar refractivity (Wildman–Crippen MR) is 124 cm³/mol. The monoisotopic (exact) mass is 483 g/mol. The van der Waals surface area contributed by atoms with Gasteiger partial charge in [-0.05, 0) is 32.0 Å². The molecule has 0 aliphatic carbocycles. The maximum absolute atomic E-state index is 11.2. The molecular weight excluding hydrogens is 466 g/mol. The van der Waals surface area contributed by atoms with Gasteiger partial charge in [0.05, 0.1) is 16.8 Å². The van der Waals surface area contributed by atoms with Crippen LogP contribution in [0.2, 0.25) is 0 Å². The van der Waals surface area contributed by atoms with Crippen LogP contribution in [0.1, 0.15) is 19.4 Å². The summed E-state index contributed by atoms with van der Waals surface area (Å²) in [6, 6.07) is 12.6. The van der Waals surface area contributed by atoms with Crippen LogP contribution in [0.5, 0.6) is 0 Å². The van der Waals surface area contributed by atoms with E-state index in [9.17, 15) is 10.1 Å². The number of thiazole rings is 1. The first-order chi connectivity index (χ1) is 14.4. The van der Waals surface area contributed by atoms with Crippen LogP contribution >= 0.6 is 27.3 Å². The van der Waals surface area contributed by atoms with E-state index >= 15 is 0 Å². The van der Waals surface area contributed by atoms with Crippen LogP contribution in [0.4, 0.5) is 5.69 Å². The number of hydrogen-bond acceptors (Lipinski definition) is 5. The lowest BCUT2D eigenvalue weighted by atomic mass is 10.1. The Hall–Kier alpha value is -3.04. The first-order valence-corrected chi connectivity index (χ1v) is 10.9. The van der Waals surface area contributed by atoms with Gasteiger partial charge in [-0.2, -0.15) is 5.10 Å². The number of non-ortho nitro benzene ring substituents is 1. The topological polar surface area (TPSA) is 88.6 Å². The van der Waals surface area contributed by atoms with Crippen LogP contribution in [0.25, 0.3) is 22.2 Å². The highest BCUT2D eigenvalue weighted by atomic mass is 79.9. The highest BCUT2D eigenvalue weighted by Gasteiger charge is 2.12. The molecule has 0 amide bonds.